The number of ether oxygens (including phenoxy) is 1. The maximum absolute atomic E-state index is 12.5. The van der Waals surface area contributed by atoms with Crippen LogP contribution >= 0.6 is 0 Å². The molecule has 4 nitrogen and oxygen atoms in total. The van der Waals surface area contributed by atoms with Gasteiger partial charge >= 0.3 is 5.63 Å². The van der Waals surface area contributed by atoms with Gasteiger partial charge in [-0.25, -0.2) is 4.79 Å². The van der Waals surface area contributed by atoms with Crippen molar-refractivity contribution in [3.05, 3.63) is 102 Å². The molecule has 0 saturated heterocycles. The molecule has 2 heterocycles. The Hall–Kier alpha value is -4.31. The fourth-order valence-electron chi connectivity index (χ4n) is 4.26. The van der Waals surface area contributed by atoms with Crippen LogP contribution in [0.4, 0.5) is 0 Å². The molecule has 0 amide bonds. The van der Waals surface area contributed by atoms with Gasteiger partial charge in [0.05, 0.1) is 18.8 Å². The Labute approximate surface area is 183 Å². The lowest BCUT2D eigenvalue weighted by molar-refractivity contribution is 0.415. The molecule has 6 rings (SSSR count). The second-order valence-electron chi connectivity index (χ2n) is 7.74. The summed E-state index contributed by atoms with van der Waals surface area (Å²) in [7, 11) is 1.58. The highest BCUT2D eigenvalue weighted by atomic mass is 16.5. The van der Waals surface area contributed by atoms with Gasteiger partial charge < -0.3 is 13.6 Å². The summed E-state index contributed by atoms with van der Waals surface area (Å²) in [6.45, 7) is 0. The van der Waals surface area contributed by atoms with Crippen molar-refractivity contribution in [3.63, 3.8) is 0 Å². The van der Waals surface area contributed by atoms with Crippen molar-refractivity contribution in [3.8, 4) is 28.0 Å². The molecule has 0 N–H and O–H groups in total. The summed E-state index contributed by atoms with van der Waals surface area (Å²) in [6, 6.07) is 28.0. The molecule has 0 aliphatic carbocycles. The van der Waals surface area contributed by atoms with E-state index >= 15 is 0 Å². The van der Waals surface area contributed by atoms with Crippen LogP contribution < -0.4 is 10.4 Å². The smallest absolute Gasteiger partial charge is 0.344 e. The predicted octanol–water partition coefficient (Wildman–Crippen LogP) is 7.04. The van der Waals surface area contributed by atoms with E-state index < -0.39 is 5.63 Å². The number of benzene rings is 4. The number of fused-ring (bicyclic) bond motifs is 4. The second-order valence-corrected chi connectivity index (χ2v) is 7.74. The summed E-state index contributed by atoms with van der Waals surface area (Å²) in [5.41, 5.74) is 5.18. The van der Waals surface area contributed by atoms with Gasteiger partial charge in [0.25, 0.3) is 0 Å². The monoisotopic (exact) mass is 418 g/mol. The molecule has 0 bridgehead atoms. The summed E-state index contributed by atoms with van der Waals surface area (Å²) in [6.07, 6.45) is 1.75. The highest BCUT2D eigenvalue weighted by molar-refractivity contribution is 6.11. The molecule has 0 saturated carbocycles. The molecule has 4 heteroatoms. The highest BCUT2D eigenvalue weighted by Gasteiger charge is 2.14. The van der Waals surface area contributed by atoms with E-state index in [0.29, 0.717) is 22.3 Å². The predicted molar refractivity (Wildman–Crippen MR) is 127 cm³/mol. The lowest BCUT2D eigenvalue weighted by Gasteiger charge is -2.06. The SMILES string of the molecule is COc1ccc2c(c1)c(=O)oc1cc3occ(-c4ccc(-c5ccccc5)cc4)c3cc12. The molecule has 0 unspecified atom stereocenters. The summed E-state index contributed by atoms with van der Waals surface area (Å²) < 4.78 is 16.7. The van der Waals surface area contributed by atoms with Crippen LogP contribution in [-0.4, -0.2) is 7.11 Å². The maximum atomic E-state index is 12.5. The number of furan rings is 1. The fourth-order valence-corrected chi connectivity index (χ4v) is 4.26. The van der Waals surface area contributed by atoms with Gasteiger partial charge in [-0.1, -0.05) is 54.6 Å². The number of rotatable bonds is 3. The van der Waals surface area contributed by atoms with Crippen LogP contribution in [0.1, 0.15) is 0 Å². The standard InChI is InChI=1S/C28H18O4/c1-30-20-11-12-21-22-14-23-25(16-31-26(23)15-27(22)32-28(29)24(21)13-20)19-9-7-18(8-10-19)17-5-3-2-4-6-17/h2-16H,1H3. The largest absolute Gasteiger partial charge is 0.497 e. The molecule has 0 spiro atoms. The number of hydrogen-bond acceptors (Lipinski definition) is 4. The Kier molecular flexibility index (Phi) is 4.12. The Morgan fingerprint density at radius 3 is 2.19 bits per heavy atom. The summed E-state index contributed by atoms with van der Waals surface area (Å²) in [5, 5.41) is 3.15. The molecule has 0 fully saturated rings. The summed E-state index contributed by atoms with van der Waals surface area (Å²) in [5.74, 6) is 0.618. The average Bonchev–Trinajstić information content (AvgIpc) is 3.26. The third-order valence-electron chi connectivity index (χ3n) is 5.92. The first-order valence-electron chi connectivity index (χ1n) is 10.3. The summed E-state index contributed by atoms with van der Waals surface area (Å²) >= 11 is 0. The quantitative estimate of drug-likeness (QED) is 0.229. The first kappa shape index (κ1) is 18.5. The van der Waals surface area contributed by atoms with Gasteiger partial charge in [0.1, 0.15) is 16.9 Å². The molecular formula is C28H18O4. The average molecular weight is 418 g/mol. The fraction of sp³-hybridized carbons (Fsp3) is 0.0357. The minimum Gasteiger partial charge on any atom is -0.497 e. The Bertz CT molecular complexity index is 1660. The molecule has 0 aliphatic rings. The minimum atomic E-state index is -0.394. The van der Waals surface area contributed by atoms with Crippen molar-refractivity contribution in [2.75, 3.05) is 7.11 Å². The van der Waals surface area contributed by atoms with Gasteiger partial charge in [-0.3, -0.25) is 0 Å². The van der Waals surface area contributed by atoms with Gasteiger partial charge in [0, 0.05) is 27.8 Å². The molecule has 6 aromatic rings. The zero-order valence-corrected chi connectivity index (χ0v) is 17.3. The van der Waals surface area contributed by atoms with Crippen LogP contribution in [0.5, 0.6) is 5.75 Å². The van der Waals surface area contributed by atoms with Crippen LogP contribution in [0.15, 0.2) is 105 Å². The van der Waals surface area contributed by atoms with E-state index in [-0.39, 0.29) is 0 Å². The molecule has 0 aliphatic heterocycles. The van der Waals surface area contributed by atoms with Gasteiger partial charge in [-0.2, -0.15) is 0 Å². The van der Waals surface area contributed by atoms with E-state index in [1.807, 2.05) is 36.4 Å². The molecule has 154 valence electrons. The zero-order valence-electron chi connectivity index (χ0n) is 17.3. The Morgan fingerprint density at radius 2 is 1.41 bits per heavy atom. The Balaban J connectivity index is 1.53. The lowest BCUT2D eigenvalue weighted by Crippen LogP contribution is -2.00. The lowest BCUT2D eigenvalue weighted by atomic mass is 9.99. The third-order valence-corrected chi connectivity index (χ3v) is 5.92. The number of methoxy groups -OCH3 is 1. The van der Waals surface area contributed by atoms with E-state index in [0.717, 1.165) is 32.8 Å². The van der Waals surface area contributed by atoms with Crippen molar-refractivity contribution in [2.24, 2.45) is 0 Å². The van der Waals surface area contributed by atoms with Gasteiger partial charge in [0.15, 0.2) is 0 Å². The van der Waals surface area contributed by atoms with Crippen LogP contribution in [0.3, 0.4) is 0 Å². The van der Waals surface area contributed by atoms with Crippen LogP contribution in [-0.2, 0) is 0 Å². The van der Waals surface area contributed by atoms with Crippen LogP contribution in [0.2, 0.25) is 0 Å². The molecule has 0 radical (unpaired) electrons. The first-order valence-corrected chi connectivity index (χ1v) is 10.3. The summed E-state index contributed by atoms with van der Waals surface area (Å²) in [4.78, 5) is 12.5. The van der Waals surface area contributed by atoms with E-state index in [1.165, 1.54) is 5.56 Å². The molecule has 4 aromatic carbocycles. The van der Waals surface area contributed by atoms with Crippen molar-refractivity contribution in [1.82, 2.24) is 0 Å². The van der Waals surface area contributed by atoms with E-state index in [4.69, 9.17) is 13.6 Å². The molecular weight excluding hydrogens is 400 g/mol. The molecule has 32 heavy (non-hydrogen) atoms. The van der Waals surface area contributed by atoms with Crippen molar-refractivity contribution < 1.29 is 13.6 Å². The van der Waals surface area contributed by atoms with E-state index in [1.54, 1.807) is 25.5 Å². The zero-order chi connectivity index (χ0) is 21.7. The van der Waals surface area contributed by atoms with Crippen molar-refractivity contribution in [1.29, 1.82) is 0 Å². The topological polar surface area (TPSA) is 52.6 Å². The van der Waals surface area contributed by atoms with Gasteiger partial charge in [0.2, 0.25) is 0 Å². The molecule has 0 atom stereocenters. The van der Waals surface area contributed by atoms with Crippen LogP contribution in [0, 0.1) is 0 Å². The van der Waals surface area contributed by atoms with E-state index in [9.17, 15) is 4.79 Å². The Morgan fingerprint density at radius 1 is 0.656 bits per heavy atom. The maximum Gasteiger partial charge on any atom is 0.344 e. The third kappa shape index (κ3) is 2.88. The first-order chi connectivity index (χ1) is 15.7. The van der Waals surface area contributed by atoms with Crippen molar-refractivity contribution in [2.45, 2.75) is 0 Å². The van der Waals surface area contributed by atoms with E-state index in [2.05, 4.69) is 36.4 Å². The normalized spacial score (nSPS) is 11.4. The van der Waals surface area contributed by atoms with Gasteiger partial charge in [-0.05, 0) is 41.0 Å². The second kappa shape index (κ2) is 7.13. The highest BCUT2D eigenvalue weighted by Crippen LogP contribution is 2.36. The van der Waals surface area contributed by atoms with Crippen molar-refractivity contribution >= 4 is 32.7 Å². The van der Waals surface area contributed by atoms with Gasteiger partial charge in [-0.15, -0.1) is 0 Å². The minimum absolute atomic E-state index is 0.394. The van der Waals surface area contributed by atoms with Crippen LogP contribution in [0.25, 0.3) is 55.0 Å². The number of hydrogen-bond donors (Lipinski definition) is 0. The molecule has 2 aromatic heterocycles.